The molecule has 0 aliphatic heterocycles. The molecule has 0 saturated heterocycles. The van der Waals surface area contributed by atoms with Crippen LogP contribution in [-0.2, 0) is 10.0 Å². The smallest absolute Gasteiger partial charge is 0.243 e. The van der Waals surface area contributed by atoms with Gasteiger partial charge in [-0.15, -0.1) is 0 Å². The molecule has 5 heteroatoms. The molecule has 0 saturated carbocycles. The molecule has 114 valence electrons. The summed E-state index contributed by atoms with van der Waals surface area (Å²) in [5, 5.41) is 0. The second-order valence-corrected chi connectivity index (χ2v) is 7.94. The molecule has 0 heterocycles. The van der Waals surface area contributed by atoms with Crippen molar-refractivity contribution >= 4 is 15.7 Å². The highest BCUT2D eigenvalue weighted by Gasteiger charge is 2.28. The Hall–Kier alpha value is -1.07. The van der Waals surface area contributed by atoms with Gasteiger partial charge in [-0.2, -0.15) is 4.31 Å². The zero-order chi connectivity index (χ0) is 15.7. The molecule has 0 aliphatic carbocycles. The summed E-state index contributed by atoms with van der Waals surface area (Å²) < 4.78 is 27.0. The maximum atomic E-state index is 12.8. The first-order valence-corrected chi connectivity index (χ1v) is 8.36. The number of nitrogens with zero attached hydrogens (tertiary/aromatic N) is 1. The standard InChI is InChI=1S/C15H26N2O2S/c1-10(2)7-12(4)17(6)20(18,19)15-9-11(3)8-14(16)13(15)5/h8-10,12H,7,16H2,1-6H3. The molecule has 4 nitrogen and oxygen atoms in total. The number of rotatable bonds is 5. The number of hydrogen-bond acceptors (Lipinski definition) is 3. The lowest BCUT2D eigenvalue weighted by atomic mass is 10.1. The summed E-state index contributed by atoms with van der Waals surface area (Å²) in [7, 11) is -1.87. The Morgan fingerprint density at radius 2 is 1.75 bits per heavy atom. The fourth-order valence-corrected chi connectivity index (χ4v) is 4.05. The first kappa shape index (κ1) is 17.0. The topological polar surface area (TPSA) is 63.4 Å². The zero-order valence-corrected chi connectivity index (χ0v) is 14.1. The van der Waals surface area contributed by atoms with E-state index in [1.165, 1.54) is 4.31 Å². The van der Waals surface area contributed by atoms with Gasteiger partial charge in [0.25, 0.3) is 0 Å². The van der Waals surface area contributed by atoms with Crippen molar-refractivity contribution in [1.82, 2.24) is 4.31 Å². The number of nitrogen functional groups attached to an aromatic ring is 1. The fraction of sp³-hybridized carbons (Fsp3) is 0.600. The van der Waals surface area contributed by atoms with E-state index >= 15 is 0 Å². The van der Waals surface area contributed by atoms with Crippen molar-refractivity contribution in [2.24, 2.45) is 5.92 Å². The number of nitrogens with two attached hydrogens (primary N) is 1. The summed E-state index contributed by atoms with van der Waals surface area (Å²) in [5.41, 5.74) is 7.90. The van der Waals surface area contributed by atoms with Gasteiger partial charge in [-0.1, -0.05) is 13.8 Å². The third-order valence-electron chi connectivity index (χ3n) is 3.63. The van der Waals surface area contributed by atoms with E-state index in [0.717, 1.165) is 12.0 Å². The molecule has 20 heavy (non-hydrogen) atoms. The average molecular weight is 298 g/mol. The summed E-state index contributed by atoms with van der Waals surface area (Å²) in [6.07, 6.45) is 0.829. The predicted octanol–water partition coefficient (Wildman–Crippen LogP) is 2.94. The van der Waals surface area contributed by atoms with E-state index in [4.69, 9.17) is 5.73 Å². The number of benzene rings is 1. The lowest BCUT2D eigenvalue weighted by Gasteiger charge is -2.26. The van der Waals surface area contributed by atoms with Crippen LogP contribution < -0.4 is 5.73 Å². The van der Waals surface area contributed by atoms with Gasteiger partial charge in [0, 0.05) is 18.8 Å². The normalized spacial score (nSPS) is 14.0. The molecule has 0 radical (unpaired) electrons. The van der Waals surface area contributed by atoms with Crippen molar-refractivity contribution in [3.05, 3.63) is 23.3 Å². The Kier molecular flexibility index (Phi) is 5.21. The first-order valence-electron chi connectivity index (χ1n) is 6.92. The maximum Gasteiger partial charge on any atom is 0.243 e. The van der Waals surface area contributed by atoms with Gasteiger partial charge < -0.3 is 5.73 Å². The van der Waals surface area contributed by atoms with Crippen LogP contribution in [-0.4, -0.2) is 25.8 Å². The van der Waals surface area contributed by atoms with E-state index in [1.807, 2.05) is 13.8 Å². The summed E-state index contributed by atoms with van der Waals surface area (Å²) in [6, 6.07) is 3.45. The molecule has 0 aliphatic rings. The highest BCUT2D eigenvalue weighted by atomic mass is 32.2. The third-order valence-corrected chi connectivity index (χ3v) is 5.73. The van der Waals surface area contributed by atoms with Crippen molar-refractivity contribution < 1.29 is 8.42 Å². The van der Waals surface area contributed by atoms with Crippen LogP contribution in [0.5, 0.6) is 0 Å². The van der Waals surface area contributed by atoms with Crippen molar-refractivity contribution in [2.75, 3.05) is 12.8 Å². The predicted molar refractivity (Wildman–Crippen MR) is 84.2 cm³/mol. The molecule has 1 aromatic carbocycles. The molecule has 0 amide bonds. The molecule has 2 N–H and O–H groups in total. The van der Waals surface area contributed by atoms with Gasteiger partial charge in [-0.25, -0.2) is 8.42 Å². The quantitative estimate of drug-likeness (QED) is 0.850. The van der Waals surface area contributed by atoms with Crippen LogP contribution >= 0.6 is 0 Å². The van der Waals surface area contributed by atoms with Gasteiger partial charge >= 0.3 is 0 Å². The molecule has 1 unspecified atom stereocenters. The van der Waals surface area contributed by atoms with Crippen LogP contribution in [0.15, 0.2) is 17.0 Å². The van der Waals surface area contributed by atoms with Crippen molar-refractivity contribution in [3.63, 3.8) is 0 Å². The first-order chi connectivity index (χ1) is 9.07. The van der Waals surface area contributed by atoms with Gasteiger partial charge in [0.05, 0.1) is 4.90 Å². The molecule has 0 spiro atoms. The number of hydrogen-bond donors (Lipinski definition) is 1. The van der Waals surface area contributed by atoms with E-state index in [2.05, 4.69) is 13.8 Å². The molecular weight excluding hydrogens is 272 g/mol. The summed E-state index contributed by atoms with van der Waals surface area (Å²) >= 11 is 0. The van der Waals surface area contributed by atoms with Gasteiger partial charge in [0.2, 0.25) is 10.0 Å². The van der Waals surface area contributed by atoms with Gasteiger partial charge in [0.15, 0.2) is 0 Å². The molecular formula is C15H26N2O2S. The minimum absolute atomic E-state index is 0.0406. The van der Waals surface area contributed by atoms with E-state index < -0.39 is 10.0 Å². The van der Waals surface area contributed by atoms with Gasteiger partial charge in [-0.05, 0) is 56.4 Å². The average Bonchev–Trinajstić information content (AvgIpc) is 2.31. The van der Waals surface area contributed by atoms with E-state index in [9.17, 15) is 8.42 Å². The van der Waals surface area contributed by atoms with Crippen molar-refractivity contribution in [3.8, 4) is 0 Å². The van der Waals surface area contributed by atoms with Crippen LogP contribution in [0.1, 0.15) is 38.3 Å². The highest BCUT2D eigenvalue weighted by molar-refractivity contribution is 7.89. The summed E-state index contributed by atoms with van der Waals surface area (Å²) in [6.45, 7) is 9.72. The van der Waals surface area contributed by atoms with Crippen LogP contribution in [0.25, 0.3) is 0 Å². The molecule has 1 atom stereocenters. The molecule has 0 bridgehead atoms. The SMILES string of the molecule is Cc1cc(N)c(C)c(S(=O)(=O)N(C)C(C)CC(C)C)c1. The Balaban J connectivity index is 3.23. The Bertz CT molecular complexity index is 580. The third kappa shape index (κ3) is 3.52. The minimum Gasteiger partial charge on any atom is -0.398 e. The monoisotopic (exact) mass is 298 g/mol. The van der Waals surface area contributed by atoms with E-state index in [0.29, 0.717) is 22.1 Å². The zero-order valence-electron chi connectivity index (χ0n) is 13.3. The summed E-state index contributed by atoms with van der Waals surface area (Å²) in [4.78, 5) is 0.313. The second kappa shape index (κ2) is 6.14. The number of aryl methyl sites for hydroxylation is 1. The molecule has 1 rings (SSSR count). The summed E-state index contributed by atoms with van der Waals surface area (Å²) in [5.74, 6) is 0.450. The minimum atomic E-state index is -3.51. The van der Waals surface area contributed by atoms with E-state index in [-0.39, 0.29) is 6.04 Å². The Morgan fingerprint density at radius 1 is 1.20 bits per heavy atom. The molecule has 0 fully saturated rings. The lowest BCUT2D eigenvalue weighted by molar-refractivity contribution is 0.337. The van der Waals surface area contributed by atoms with Crippen LogP contribution in [0, 0.1) is 19.8 Å². The maximum absolute atomic E-state index is 12.8. The van der Waals surface area contributed by atoms with Crippen LogP contribution in [0.3, 0.4) is 0 Å². The second-order valence-electron chi connectivity index (χ2n) is 5.98. The number of sulfonamides is 1. The largest absolute Gasteiger partial charge is 0.398 e. The molecule has 1 aromatic rings. The number of anilines is 1. The Morgan fingerprint density at radius 3 is 2.25 bits per heavy atom. The van der Waals surface area contributed by atoms with Crippen molar-refractivity contribution in [2.45, 2.75) is 52.0 Å². The van der Waals surface area contributed by atoms with E-state index in [1.54, 1.807) is 26.1 Å². The van der Waals surface area contributed by atoms with Gasteiger partial charge in [-0.3, -0.25) is 0 Å². The van der Waals surface area contributed by atoms with Crippen molar-refractivity contribution in [1.29, 1.82) is 0 Å². The van der Waals surface area contributed by atoms with Crippen LogP contribution in [0.4, 0.5) is 5.69 Å². The fourth-order valence-electron chi connectivity index (χ4n) is 2.34. The van der Waals surface area contributed by atoms with Gasteiger partial charge in [0.1, 0.15) is 0 Å². The highest BCUT2D eigenvalue weighted by Crippen LogP contribution is 2.27. The van der Waals surface area contributed by atoms with Crippen LogP contribution in [0.2, 0.25) is 0 Å². The lowest BCUT2D eigenvalue weighted by Crippen LogP contribution is -2.36. The molecule has 0 aromatic heterocycles. The Labute approximate surface area is 123 Å².